The number of furan rings is 1. The molecule has 0 spiro atoms. The summed E-state index contributed by atoms with van der Waals surface area (Å²) in [7, 11) is 1.69. The number of anilines is 1. The molecular weight excluding hydrogens is 310 g/mol. The van der Waals surface area contributed by atoms with Gasteiger partial charge in [-0.1, -0.05) is 0 Å². The molecule has 0 aromatic carbocycles. The maximum atomic E-state index is 11.9. The Labute approximate surface area is 139 Å². The highest BCUT2D eigenvalue weighted by molar-refractivity contribution is 5.30. The van der Waals surface area contributed by atoms with Gasteiger partial charge in [0.05, 0.1) is 19.3 Å². The Bertz CT molecular complexity index is 791. The van der Waals surface area contributed by atoms with Crippen molar-refractivity contribution in [2.24, 2.45) is 7.05 Å². The predicted octanol–water partition coefficient (Wildman–Crippen LogP) is 0.558. The maximum absolute atomic E-state index is 11.9. The molecule has 8 nitrogen and oxygen atoms in total. The number of aryl methyl sites for hydroxylation is 1. The second kappa shape index (κ2) is 7.29. The Morgan fingerprint density at radius 1 is 1.50 bits per heavy atom. The fraction of sp³-hybridized carbons (Fsp3) is 0.438. The van der Waals surface area contributed by atoms with Gasteiger partial charge in [-0.25, -0.2) is 4.98 Å². The largest absolute Gasteiger partial charge is 0.449 e. The van der Waals surface area contributed by atoms with Gasteiger partial charge in [-0.3, -0.25) is 9.69 Å². The quantitative estimate of drug-likeness (QED) is 0.856. The molecule has 1 saturated heterocycles. The molecule has 3 rings (SSSR count). The minimum atomic E-state index is -0.162. The van der Waals surface area contributed by atoms with Crippen molar-refractivity contribution < 1.29 is 9.15 Å². The van der Waals surface area contributed by atoms with Crippen molar-refractivity contribution >= 4 is 5.82 Å². The Hall–Kier alpha value is -2.63. The number of hydrogen-bond acceptors (Lipinski definition) is 7. The molecule has 0 aliphatic carbocycles. The molecule has 2 aromatic rings. The summed E-state index contributed by atoms with van der Waals surface area (Å²) >= 11 is 0. The van der Waals surface area contributed by atoms with Crippen LogP contribution in [-0.4, -0.2) is 46.8 Å². The van der Waals surface area contributed by atoms with Gasteiger partial charge >= 0.3 is 0 Å². The van der Waals surface area contributed by atoms with Crippen LogP contribution in [0.5, 0.6) is 0 Å². The Morgan fingerprint density at radius 3 is 3.17 bits per heavy atom. The molecule has 2 aromatic heterocycles. The van der Waals surface area contributed by atoms with Crippen LogP contribution in [0.2, 0.25) is 0 Å². The van der Waals surface area contributed by atoms with Crippen LogP contribution in [0.3, 0.4) is 0 Å². The molecule has 0 amide bonds. The highest BCUT2D eigenvalue weighted by Gasteiger charge is 2.21. The van der Waals surface area contributed by atoms with Crippen molar-refractivity contribution in [3.8, 4) is 6.07 Å². The number of nitrogens with one attached hydrogen (secondary N) is 1. The lowest BCUT2D eigenvalue weighted by Gasteiger charge is -2.32. The van der Waals surface area contributed by atoms with Crippen molar-refractivity contribution in [2.45, 2.75) is 12.6 Å². The minimum Gasteiger partial charge on any atom is -0.449 e. The first-order valence-corrected chi connectivity index (χ1v) is 7.74. The van der Waals surface area contributed by atoms with Crippen molar-refractivity contribution in [2.75, 3.05) is 31.6 Å². The second-order valence-electron chi connectivity index (χ2n) is 5.68. The summed E-state index contributed by atoms with van der Waals surface area (Å²) in [6.07, 6.45) is 3.16. The number of aromatic nitrogens is 2. The molecule has 126 valence electrons. The summed E-state index contributed by atoms with van der Waals surface area (Å²) in [5.74, 6) is 1.41. The van der Waals surface area contributed by atoms with Crippen LogP contribution >= 0.6 is 0 Å². The molecule has 0 saturated carbocycles. The lowest BCUT2D eigenvalue weighted by molar-refractivity contribution is -0.0259. The molecule has 1 atom stereocenters. The fourth-order valence-electron chi connectivity index (χ4n) is 2.62. The summed E-state index contributed by atoms with van der Waals surface area (Å²) in [5, 5.41) is 11.9. The molecule has 1 aliphatic heterocycles. The van der Waals surface area contributed by atoms with Gasteiger partial charge in [-0.2, -0.15) is 5.26 Å². The fourth-order valence-corrected chi connectivity index (χ4v) is 2.62. The van der Waals surface area contributed by atoms with E-state index in [1.807, 2.05) is 12.1 Å². The standard InChI is InChI=1S/C16H19N5O3/c1-20-5-4-18-15(16(20)22)19-9-14-11-21(6-7-23-14)10-13-3-2-12(8-17)24-13/h2-5,14H,6-7,9-11H2,1H3,(H,18,19)/t14-/m1/s1. The third-order valence-electron chi connectivity index (χ3n) is 3.89. The Morgan fingerprint density at radius 2 is 2.38 bits per heavy atom. The van der Waals surface area contributed by atoms with Crippen LogP contribution in [0.1, 0.15) is 11.5 Å². The van der Waals surface area contributed by atoms with Gasteiger partial charge in [0.2, 0.25) is 5.76 Å². The van der Waals surface area contributed by atoms with E-state index < -0.39 is 0 Å². The third-order valence-corrected chi connectivity index (χ3v) is 3.89. The van der Waals surface area contributed by atoms with Gasteiger partial charge in [-0.05, 0) is 12.1 Å². The maximum Gasteiger partial charge on any atom is 0.293 e. The summed E-state index contributed by atoms with van der Waals surface area (Å²) in [6, 6.07) is 5.47. The highest BCUT2D eigenvalue weighted by Crippen LogP contribution is 2.13. The molecule has 1 fully saturated rings. The summed E-state index contributed by atoms with van der Waals surface area (Å²) in [6.45, 7) is 3.25. The summed E-state index contributed by atoms with van der Waals surface area (Å²) in [4.78, 5) is 18.2. The number of ether oxygens (including phenoxy) is 1. The SMILES string of the molecule is Cn1ccnc(NC[C@@H]2CN(Cc3ccc(C#N)o3)CCO2)c1=O. The van der Waals surface area contributed by atoms with Crippen molar-refractivity contribution in [3.63, 3.8) is 0 Å². The van der Waals surface area contributed by atoms with Crippen molar-refractivity contribution in [1.29, 1.82) is 5.26 Å². The van der Waals surface area contributed by atoms with Gasteiger partial charge in [0.1, 0.15) is 11.8 Å². The molecule has 0 unspecified atom stereocenters. The van der Waals surface area contributed by atoms with E-state index in [1.54, 1.807) is 25.5 Å². The summed E-state index contributed by atoms with van der Waals surface area (Å²) in [5.41, 5.74) is -0.162. The Kier molecular flexibility index (Phi) is 4.93. The molecule has 8 heteroatoms. The number of nitriles is 1. The average Bonchev–Trinajstić information content (AvgIpc) is 3.04. The topological polar surface area (TPSA) is 96.3 Å². The normalized spacial score (nSPS) is 18.2. The van der Waals surface area contributed by atoms with Gasteiger partial charge in [0, 0.05) is 39.1 Å². The molecule has 0 radical (unpaired) electrons. The number of nitrogens with zero attached hydrogens (tertiary/aromatic N) is 4. The van der Waals surface area contributed by atoms with Crippen LogP contribution in [-0.2, 0) is 18.3 Å². The van der Waals surface area contributed by atoms with E-state index in [9.17, 15) is 4.79 Å². The minimum absolute atomic E-state index is 0.0455. The third kappa shape index (κ3) is 3.82. The first kappa shape index (κ1) is 16.2. The molecule has 0 bridgehead atoms. The summed E-state index contributed by atoms with van der Waals surface area (Å²) < 4.78 is 12.6. The van der Waals surface area contributed by atoms with E-state index in [0.717, 1.165) is 12.3 Å². The number of morpholine rings is 1. The van der Waals surface area contributed by atoms with Crippen molar-refractivity contribution in [1.82, 2.24) is 14.5 Å². The van der Waals surface area contributed by atoms with Crippen molar-refractivity contribution in [3.05, 3.63) is 46.4 Å². The lowest BCUT2D eigenvalue weighted by Crippen LogP contribution is -2.45. The van der Waals surface area contributed by atoms with E-state index in [2.05, 4.69) is 15.2 Å². The smallest absolute Gasteiger partial charge is 0.293 e. The van der Waals surface area contributed by atoms with Crippen LogP contribution in [0.4, 0.5) is 5.82 Å². The van der Waals surface area contributed by atoms with E-state index in [4.69, 9.17) is 14.4 Å². The van der Waals surface area contributed by atoms with E-state index in [-0.39, 0.29) is 11.7 Å². The van der Waals surface area contributed by atoms with Crippen LogP contribution in [0.15, 0.2) is 33.7 Å². The molecule has 24 heavy (non-hydrogen) atoms. The van der Waals surface area contributed by atoms with Gasteiger partial charge in [0.15, 0.2) is 5.82 Å². The zero-order chi connectivity index (χ0) is 16.9. The molecular formula is C16H19N5O3. The first-order chi connectivity index (χ1) is 11.7. The van der Waals surface area contributed by atoms with Gasteiger partial charge in [0.25, 0.3) is 5.56 Å². The van der Waals surface area contributed by atoms with Crippen LogP contribution in [0, 0.1) is 11.3 Å². The van der Waals surface area contributed by atoms with E-state index >= 15 is 0 Å². The average molecular weight is 329 g/mol. The van der Waals surface area contributed by atoms with Gasteiger partial charge in [-0.15, -0.1) is 0 Å². The van der Waals surface area contributed by atoms with Gasteiger partial charge < -0.3 is 19.0 Å². The van der Waals surface area contributed by atoms with Crippen LogP contribution in [0.25, 0.3) is 0 Å². The number of rotatable bonds is 5. The van der Waals surface area contributed by atoms with E-state index in [0.29, 0.717) is 37.8 Å². The molecule has 1 aliphatic rings. The monoisotopic (exact) mass is 329 g/mol. The Balaban J connectivity index is 1.54. The molecule has 1 N–H and O–H groups in total. The second-order valence-corrected chi connectivity index (χ2v) is 5.68. The first-order valence-electron chi connectivity index (χ1n) is 7.74. The molecule has 3 heterocycles. The number of hydrogen-bond donors (Lipinski definition) is 1. The zero-order valence-corrected chi connectivity index (χ0v) is 13.4. The lowest BCUT2D eigenvalue weighted by atomic mass is 10.2. The highest BCUT2D eigenvalue weighted by atomic mass is 16.5. The van der Waals surface area contributed by atoms with E-state index in [1.165, 1.54) is 4.57 Å². The predicted molar refractivity (Wildman–Crippen MR) is 86.4 cm³/mol. The zero-order valence-electron chi connectivity index (χ0n) is 13.4. The van der Waals surface area contributed by atoms with Crippen LogP contribution < -0.4 is 10.9 Å².